The van der Waals surface area contributed by atoms with Crippen LogP contribution in [0.1, 0.15) is 11.5 Å². The van der Waals surface area contributed by atoms with E-state index in [4.69, 9.17) is 16.1 Å². The fourth-order valence-electron chi connectivity index (χ4n) is 1.83. The first-order valence-corrected chi connectivity index (χ1v) is 6.57. The third kappa shape index (κ3) is 2.87. The Kier molecular flexibility index (Phi) is 3.94. The first-order chi connectivity index (χ1) is 10.7. The predicted octanol–water partition coefficient (Wildman–Crippen LogP) is 2.76. The Morgan fingerprint density at radius 2 is 2.27 bits per heavy atom. The highest BCUT2D eigenvalue weighted by Gasteiger charge is 2.16. The summed E-state index contributed by atoms with van der Waals surface area (Å²) in [5.74, 6) is -0.267. The van der Waals surface area contributed by atoms with Crippen molar-refractivity contribution in [3.8, 4) is 0 Å². The predicted molar refractivity (Wildman–Crippen MR) is 79.0 cm³/mol. The molecular formula is C13H9ClFN5O2. The largest absolute Gasteiger partial charge is 0.356 e. The number of hydrogen-bond donors (Lipinski definition) is 2. The van der Waals surface area contributed by atoms with Crippen LogP contribution in [-0.2, 0) is 0 Å². The van der Waals surface area contributed by atoms with Crippen molar-refractivity contribution in [1.29, 1.82) is 0 Å². The lowest BCUT2D eigenvalue weighted by atomic mass is 10.2. The minimum atomic E-state index is -0.571. The molecule has 0 saturated carbocycles. The molecule has 2 aromatic rings. The Morgan fingerprint density at radius 1 is 1.41 bits per heavy atom. The molecule has 112 valence electrons. The summed E-state index contributed by atoms with van der Waals surface area (Å²) in [6, 6.07) is 5.36. The molecule has 1 aromatic heterocycles. The van der Waals surface area contributed by atoms with Crippen LogP contribution >= 0.6 is 11.6 Å². The number of hydrogen-bond acceptors (Lipinski definition) is 6. The zero-order valence-electron chi connectivity index (χ0n) is 11.0. The molecule has 0 unspecified atom stereocenters. The molecule has 1 aromatic carbocycles. The Labute approximate surface area is 128 Å². The molecule has 0 fully saturated rings. The topological polar surface area (TPSA) is 91.9 Å². The number of benzene rings is 1. The van der Waals surface area contributed by atoms with Crippen molar-refractivity contribution in [2.75, 3.05) is 6.54 Å². The van der Waals surface area contributed by atoms with E-state index >= 15 is 0 Å². The molecular weight excluding hydrogens is 313 g/mol. The van der Waals surface area contributed by atoms with E-state index in [0.29, 0.717) is 12.3 Å². The van der Waals surface area contributed by atoms with E-state index in [1.54, 1.807) is 12.3 Å². The van der Waals surface area contributed by atoms with Crippen LogP contribution in [0.5, 0.6) is 0 Å². The highest BCUT2D eigenvalue weighted by molar-refractivity contribution is 6.31. The zero-order valence-corrected chi connectivity index (χ0v) is 11.8. The number of nitrogens with zero attached hydrogens (tertiary/aromatic N) is 3. The van der Waals surface area contributed by atoms with E-state index in [1.165, 1.54) is 12.1 Å². The highest BCUT2D eigenvalue weighted by Crippen LogP contribution is 2.23. The van der Waals surface area contributed by atoms with Gasteiger partial charge in [-0.3, -0.25) is 0 Å². The summed E-state index contributed by atoms with van der Waals surface area (Å²) in [4.78, 5) is 15.0. The van der Waals surface area contributed by atoms with Crippen LogP contribution in [0.25, 0.3) is 5.57 Å². The van der Waals surface area contributed by atoms with E-state index in [9.17, 15) is 9.30 Å². The molecule has 3 rings (SSSR count). The van der Waals surface area contributed by atoms with Crippen molar-refractivity contribution >= 4 is 28.7 Å². The average molecular weight is 322 g/mol. The summed E-state index contributed by atoms with van der Waals surface area (Å²) >= 11 is 5.67. The van der Waals surface area contributed by atoms with Crippen molar-refractivity contribution in [1.82, 2.24) is 16.0 Å². The molecule has 7 nitrogen and oxygen atoms in total. The lowest BCUT2D eigenvalue weighted by Gasteiger charge is -1.97. The molecule has 0 radical (unpaired) electrons. The van der Waals surface area contributed by atoms with Gasteiger partial charge in [-0.2, -0.15) is 0 Å². The Hall–Kier alpha value is -2.58. The van der Waals surface area contributed by atoms with Crippen molar-refractivity contribution in [3.63, 3.8) is 0 Å². The number of hydrazine groups is 1. The minimum Gasteiger partial charge on any atom is -0.356 e. The van der Waals surface area contributed by atoms with Crippen LogP contribution in [0, 0.1) is 10.7 Å². The maximum absolute atomic E-state index is 13.1. The summed E-state index contributed by atoms with van der Waals surface area (Å²) in [6.07, 6.45) is 1.72. The Balaban J connectivity index is 1.91. The molecule has 1 aliphatic rings. The number of amidine groups is 1. The second-order valence-corrected chi connectivity index (χ2v) is 4.78. The van der Waals surface area contributed by atoms with Gasteiger partial charge in [-0.05, 0) is 23.4 Å². The summed E-state index contributed by atoms with van der Waals surface area (Å²) < 4.78 is 18.3. The molecule has 2 N–H and O–H groups in total. The van der Waals surface area contributed by atoms with Gasteiger partial charge in [0, 0.05) is 24.4 Å². The van der Waals surface area contributed by atoms with Gasteiger partial charge in [-0.1, -0.05) is 16.8 Å². The molecule has 0 saturated heterocycles. The summed E-state index contributed by atoms with van der Waals surface area (Å²) in [5.41, 5.74) is 6.99. The quantitative estimate of drug-likeness (QED) is 0.515. The van der Waals surface area contributed by atoms with Gasteiger partial charge in [0.2, 0.25) is 5.84 Å². The monoisotopic (exact) mass is 321 g/mol. The van der Waals surface area contributed by atoms with E-state index in [1.807, 2.05) is 0 Å². The van der Waals surface area contributed by atoms with Crippen molar-refractivity contribution < 1.29 is 8.91 Å². The van der Waals surface area contributed by atoms with Crippen LogP contribution in [0.4, 0.5) is 10.1 Å². The fraction of sp³-hybridized carbons (Fsp3) is 0.0769. The molecule has 0 spiro atoms. The molecule has 22 heavy (non-hydrogen) atoms. The number of halogens is 2. The third-order valence-corrected chi connectivity index (χ3v) is 3.20. The van der Waals surface area contributed by atoms with Gasteiger partial charge in [0.25, 0.3) is 0 Å². The zero-order chi connectivity index (χ0) is 15.5. The third-order valence-electron chi connectivity index (χ3n) is 2.91. The van der Waals surface area contributed by atoms with Gasteiger partial charge in [-0.25, -0.2) is 14.8 Å². The molecule has 9 heteroatoms. The Bertz CT molecular complexity index is 786. The highest BCUT2D eigenvalue weighted by atomic mass is 35.5. The molecule has 0 bridgehead atoms. The molecule has 0 aliphatic carbocycles. The SMILES string of the molecule is O=NC(=Nc1ccc(F)c(Cl)c1)c1cc(C2=CNNC2)on1. The van der Waals surface area contributed by atoms with E-state index in [0.717, 1.165) is 11.6 Å². The number of aromatic nitrogens is 1. The first kappa shape index (κ1) is 14.4. The molecule has 0 amide bonds. The maximum atomic E-state index is 13.1. The number of nitroso groups, excluding NO2 is 1. The molecule has 1 aliphatic heterocycles. The van der Waals surface area contributed by atoms with Crippen LogP contribution < -0.4 is 10.9 Å². The smallest absolute Gasteiger partial charge is 0.226 e. The molecule has 0 atom stereocenters. The number of nitrogens with one attached hydrogen (secondary N) is 2. The lowest BCUT2D eigenvalue weighted by molar-refractivity contribution is 0.408. The van der Waals surface area contributed by atoms with Gasteiger partial charge in [0.1, 0.15) is 5.82 Å². The van der Waals surface area contributed by atoms with Crippen molar-refractivity contribution in [2.45, 2.75) is 0 Å². The summed E-state index contributed by atoms with van der Waals surface area (Å²) in [6.45, 7) is 0.559. The second-order valence-electron chi connectivity index (χ2n) is 4.37. The van der Waals surface area contributed by atoms with Crippen molar-refractivity contribution in [2.24, 2.45) is 10.2 Å². The van der Waals surface area contributed by atoms with Crippen molar-refractivity contribution in [3.05, 3.63) is 57.7 Å². The van der Waals surface area contributed by atoms with Crippen LogP contribution in [0.3, 0.4) is 0 Å². The first-order valence-electron chi connectivity index (χ1n) is 6.19. The van der Waals surface area contributed by atoms with Crippen LogP contribution in [0.15, 0.2) is 45.2 Å². The minimum absolute atomic E-state index is 0.0967. The standard InChI is InChI=1S/C13H9ClFN5O2/c14-9-3-8(1-2-10(9)15)18-13(19-21)11-4-12(22-20-11)7-5-16-17-6-7/h1-5,16-17H,6H2. The van der Waals surface area contributed by atoms with Crippen LogP contribution in [0.2, 0.25) is 5.02 Å². The summed E-state index contributed by atoms with van der Waals surface area (Å²) in [5, 5.41) is 6.50. The van der Waals surface area contributed by atoms with E-state index in [2.05, 4.69) is 26.2 Å². The maximum Gasteiger partial charge on any atom is 0.226 e. The normalized spacial score (nSPS) is 14.6. The number of aliphatic imine (C=N–C) groups is 1. The van der Waals surface area contributed by atoms with Gasteiger partial charge >= 0.3 is 0 Å². The average Bonchev–Trinajstić information content (AvgIpc) is 3.18. The van der Waals surface area contributed by atoms with E-state index in [-0.39, 0.29) is 22.2 Å². The van der Waals surface area contributed by atoms with Gasteiger partial charge in [-0.15, -0.1) is 4.91 Å². The van der Waals surface area contributed by atoms with Gasteiger partial charge < -0.3 is 9.95 Å². The van der Waals surface area contributed by atoms with Gasteiger partial charge in [0.05, 0.1) is 10.7 Å². The lowest BCUT2D eigenvalue weighted by Crippen LogP contribution is -2.20. The Morgan fingerprint density at radius 3 is 2.95 bits per heavy atom. The fourth-order valence-corrected chi connectivity index (χ4v) is 2.00. The summed E-state index contributed by atoms with van der Waals surface area (Å²) in [7, 11) is 0. The molecule has 2 heterocycles. The number of rotatable bonds is 3. The second kappa shape index (κ2) is 6.04. The van der Waals surface area contributed by atoms with Gasteiger partial charge in [0.15, 0.2) is 11.5 Å². The van der Waals surface area contributed by atoms with Crippen LogP contribution in [-0.4, -0.2) is 17.5 Å². The van der Waals surface area contributed by atoms with E-state index < -0.39 is 5.82 Å².